The van der Waals surface area contributed by atoms with E-state index in [4.69, 9.17) is 4.52 Å². The van der Waals surface area contributed by atoms with Crippen molar-refractivity contribution < 1.29 is 9.09 Å². The second-order valence-corrected chi connectivity index (χ2v) is 6.30. The van der Waals surface area contributed by atoms with Gasteiger partial charge in [0, 0.05) is 12.3 Å². The lowest BCUT2D eigenvalue weighted by Gasteiger charge is -2.15. The molecule has 0 aromatic rings. The molecular formula is C10H23O2P. The fraction of sp³-hybridized carbons (Fsp3) is 1.00. The zero-order valence-electron chi connectivity index (χ0n) is 9.21. The van der Waals surface area contributed by atoms with Crippen LogP contribution in [0.15, 0.2) is 0 Å². The van der Waals surface area contributed by atoms with Crippen LogP contribution in [0.4, 0.5) is 0 Å². The zero-order chi connectivity index (χ0) is 10.2. The molecule has 0 rings (SSSR count). The summed E-state index contributed by atoms with van der Waals surface area (Å²) < 4.78 is 17.2. The van der Waals surface area contributed by atoms with Crippen molar-refractivity contribution in [1.82, 2.24) is 0 Å². The molecular weight excluding hydrogens is 183 g/mol. The SMILES string of the molecule is CCCCCCP(=O)(CC)OCC. The summed E-state index contributed by atoms with van der Waals surface area (Å²) in [5.41, 5.74) is 0. The van der Waals surface area contributed by atoms with Crippen molar-refractivity contribution in [2.45, 2.75) is 46.5 Å². The number of unbranched alkanes of at least 4 members (excludes halogenated alkanes) is 3. The molecule has 0 heterocycles. The van der Waals surface area contributed by atoms with E-state index in [1.165, 1.54) is 19.3 Å². The Kier molecular flexibility index (Phi) is 7.69. The van der Waals surface area contributed by atoms with Crippen molar-refractivity contribution in [3.63, 3.8) is 0 Å². The minimum Gasteiger partial charge on any atom is -0.329 e. The van der Waals surface area contributed by atoms with Crippen molar-refractivity contribution >= 4 is 7.37 Å². The molecule has 3 heteroatoms. The van der Waals surface area contributed by atoms with Gasteiger partial charge in [-0.05, 0) is 13.3 Å². The van der Waals surface area contributed by atoms with Gasteiger partial charge >= 0.3 is 0 Å². The molecule has 1 unspecified atom stereocenters. The van der Waals surface area contributed by atoms with Gasteiger partial charge in [0.15, 0.2) is 0 Å². The van der Waals surface area contributed by atoms with Crippen LogP contribution in [0, 0.1) is 0 Å². The highest BCUT2D eigenvalue weighted by atomic mass is 31.2. The van der Waals surface area contributed by atoms with Crippen molar-refractivity contribution in [1.29, 1.82) is 0 Å². The van der Waals surface area contributed by atoms with Gasteiger partial charge in [-0.25, -0.2) is 0 Å². The van der Waals surface area contributed by atoms with Gasteiger partial charge in [0.25, 0.3) is 0 Å². The van der Waals surface area contributed by atoms with E-state index in [-0.39, 0.29) is 0 Å². The van der Waals surface area contributed by atoms with Gasteiger partial charge in [0.2, 0.25) is 7.37 Å². The molecule has 0 radical (unpaired) electrons. The van der Waals surface area contributed by atoms with Gasteiger partial charge in [-0.1, -0.05) is 33.1 Å². The maximum Gasteiger partial charge on any atom is 0.202 e. The van der Waals surface area contributed by atoms with E-state index >= 15 is 0 Å². The van der Waals surface area contributed by atoms with Crippen LogP contribution in [0.1, 0.15) is 46.5 Å². The normalized spacial score (nSPS) is 15.6. The first-order valence-electron chi connectivity index (χ1n) is 5.41. The highest BCUT2D eigenvalue weighted by Gasteiger charge is 2.18. The van der Waals surface area contributed by atoms with Gasteiger partial charge in [0.1, 0.15) is 0 Å². The van der Waals surface area contributed by atoms with E-state index < -0.39 is 7.37 Å². The molecule has 0 aliphatic carbocycles. The first kappa shape index (κ1) is 13.2. The summed E-state index contributed by atoms with van der Waals surface area (Å²) in [6.07, 6.45) is 6.18. The van der Waals surface area contributed by atoms with Gasteiger partial charge in [0.05, 0.1) is 6.61 Å². The number of rotatable bonds is 8. The van der Waals surface area contributed by atoms with Crippen LogP contribution < -0.4 is 0 Å². The van der Waals surface area contributed by atoms with Gasteiger partial charge in [-0.3, -0.25) is 4.57 Å². The number of hydrogen-bond acceptors (Lipinski definition) is 2. The predicted octanol–water partition coefficient (Wildman–Crippen LogP) is 3.90. The largest absolute Gasteiger partial charge is 0.329 e. The molecule has 0 saturated heterocycles. The monoisotopic (exact) mass is 206 g/mol. The molecule has 0 aromatic heterocycles. The van der Waals surface area contributed by atoms with E-state index in [0.717, 1.165) is 12.6 Å². The molecule has 0 aliphatic heterocycles. The Bertz CT molecular complexity index is 157. The minimum atomic E-state index is -2.24. The quantitative estimate of drug-likeness (QED) is 0.444. The Balaban J connectivity index is 3.64. The van der Waals surface area contributed by atoms with Crippen LogP contribution in [0.25, 0.3) is 0 Å². The highest BCUT2D eigenvalue weighted by Crippen LogP contribution is 2.47. The summed E-state index contributed by atoms with van der Waals surface area (Å²) in [4.78, 5) is 0. The Morgan fingerprint density at radius 3 is 2.23 bits per heavy atom. The lowest BCUT2D eigenvalue weighted by Crippen LogP contribution is -1.98. The maximum atomic E-state index is 11.9. The molecule has 0 N–H and O–H groups in total. The molecule has 0 bridgehead atoms. The van der Waals surface area contributed by atoms with Crippen molar-refractivity contribution in [3.05, 3.63) is 0 Å². The van der Waals surface area contributed by atoms with Gasteiger partial charge < -0.3 is 4.52 Å². The second-order valence-electron chi connectivity index (χ2n) is 3.33. The summed E-state index contributed by atoms with van der Waals surface area (Å²) in [6, 6.07) is 0. The lowest BCUT2D eigenvalue weighted by atomic mass is 10.2. The fourth-order valence-electron chi connectivity index (χ4n) is 1.33. The van der Waals surface area contributed by atoms with Crippen LogP contribution in [-0.2, 0) is 9.09 Å². The highest BCUT2D eigenvalue weighted by molar-refractivity contribution is 7.58. The second kappa shape index (κ2) is 7.58. The third-order valence-electron chi connectivity index (χ3n) is 2.20. The average molecular weight is 206 g/mol. The van der Waals surface area contributed by atoms with E-state index in [2.05, 4.69) is 6.92 Å². The molecule has 0 aromatic carbocycles. The molecule has 80 valence electrons. The maximum absolute atomic E-state index is 11.9. The summed E-state index contributed by atoms with van der Waals surface area (Å²) >= 11 is 0. The fourth-order valence-corrected chi connectivity index (χ4v) is 3.13. The Hall–Kier alpha value is 0.190. The molecule has 0 amide bonds. The summed E-state index contributed by atoms with van der Waals surface area (Å²) in [5, 5.41) is 0. The smallest absolute Gasteiger partial charge is 0.202 e. The minimum absolute atomic E-state index is 0.582. The molecule has 0 fully saturated rings. The standard InChI is InChI=1S/C10H23O2P/c1-4-7-8-9-10-13(11,6-3)12-5-2/h4-10H2,1-3H3. The Morgan fingerprint density at radius 2 is 1.77 bits per heavy atom. The van der Waals surface area contributed by atoms with E-state index in [1.807, 2.05) is 13.8 Å². The molecule has 0 aliphatic rings. The Labute approximate surface area is 82.5 Å². The van der Waals surface area contributed by atoms with Crippen LogP contribution in [-0.4, -0.2) is 18.9 Å². The van der Waals surface area contributed by atoms with Crippen LogP contribution >= 0.6 is 7.37 Å². The van der Waals surface area contributed by atoms with Crippen molar-refractivity contribution in [3.8, 4) is 0 Å². The molecule has 13 heavy (non-hydrogen) atoms. The van der Waals surface area contributed by atoms with Crippen molar-refractivity contribution in [2.75, 3.05) is 18.9 Å². The van der Waals surface area contributed by atoms with Crippen LogP contribution in [0.3, 0.4) is 0 Å². The third-order valence-corrected chi connectivity index (χ3v) is 4.89. The lowest BCUT2D eigenvalue weighted by molar-refractivity contribution is 0.332. The van der Waals surface area contributed by atoms with Crippen LogP contribution in [0.2, 0.25) is 0 Å². The van der Waals surface area contributed by atoms with Crippen LogP contribution in [0.5, 0.6) is 0 Å². The van der Waals surface area contributed by atoms with Gasteiger partial charge in [-0.15, -0.1) is 0 Å². The van der Waals surface area contributed by atoms with E-state index in [1.54, 1.807) is 0 Å². The topological polar surface area (TPSA) is 26.3 Å². The predicted molar refractivity (Wildman–Crippen MR) is 58.8 cm³/mol. The average Bonchev–Trinajstić information content (AvgIpc) is 2.13. The van der Waals surface area contributed by atoms with Gasteiger partial charge in [-0.2, -0.15) is 0 Å². The number of hydrogen-bond donors (Lipinski definition) is 0. The first-order valence-corrected chi connectivity index (χ1v) is 7.40. The Morgan fingerprint density at radius 1 is 1.08 bits per heavy atom. The summed E-state index contributed by atoms with van der Waals surface area (Å²) in [6.45, 7) is 6.63. The third kappa shape index (κ3) is 6.29. The summed E-state index contributed by atoms with van der Waals surface area (Å²) in [7, 11) is -2.24. The summed E-state index contributed by atoms with van der Waals surface area (Å²) in [5.74, 6) is 0. The molecule has 1 atom stereocenters. The van der Waals surface area contributed by atoms with Crippen molar-refractivity contribution in [2.24, 2.45) is 0 Å². The first-order chi connectivity index (χ1) is 6.18. The molecule has 0 spiro atoms. The zero-order valence-corrected chi connectivity index (χ0v) is 10.1. The van der Waals surface area contributed by atoms with E-state index in [9.17, 15) is 4.57 Å². The molecule has 2 nitrogen and oxygen atoms in total. The molecule has 0 saturated carbocycles. The van der Waals surface area contributed by atoms with E-state index in [0.29, 0.717) is 12.8 Å².